The Bertz CT molecular complexity index is 898. The number of anilines is 1. The number of benzene rings is 1. The summed E-state index contributed by atoms with van der Waals surface area (Å²) >= 11 is 0. The summed E-state index contributed by atoms with van der Waals surface area (Å²) in [5, 5.41) is 7.67. The molecular weight excluding hydrogens is 507 g/mol. The molecule has 3 heterocycles. The first kappa shape index (κ1) is 23.5. The van der Waals surface area contributed by atoms with Crippen molar-refractivity contribution in [2.45, 2.75) is 32.4 Å². The van der Waals surface area contributed by atoms with E-state index in [2.05, 4.69) is 34.4 Å². The molecule has 1 unspecified atom stereocenters. The Morgan fingerprint density at radius 2 is 2.10 bits per heavy atom. The van der Waals surface area contributed by atoms with Crippen LogP contribution >= 0.6 is 24.0 Å². The summed E-state index contributed by atoms with van der Waals surface area (Å²) < 4.78 is 7.76. The monoisotopic (exact) mass is 538 g/mol. The lowest BCUT2D eigenvalue weighted by atomic mass is 10.1. The van der Waals surface area contributed by atoms with Crippen LogP contribution in [0.5, 0.6) is 0 Å². The van der Waals surface area contributed by atoms with Crippen molar-refractivity contribution in [1.29, 1.82) is 0 Å². The van der Waals surface area contributed by atoms with Crippen molar-refractivity contribution in [3.8, 4) is 0 Å². The molecule has 168 valence electrons. The van der Waals surface area contributed by atoms with Gasteiger partial charge in [0.15, 0.2) is 5.96 Å². The maximum absolute atomic E-state index is 11.9. The second kappa shape index (κ2) is 10.9. The minimum atomic E-state index is -0.00594. The molecule has 31 heavy (non-hydrogen) atoms. The summed E-state index contributed by atoms with van der Waals surface area (Å²) in [4.78, 5) is 20.9. The number of halogens is 1. The van der Waals surface area contributed by atoms with Crippen LogP contribution in [0.4, 0.5) is 5.69 Å². The first-order chi connectivity index (χ1) is 14.6. The van der Waals surface area contributed by atoms with Crippen LogP contribution in [0.25, 0.3) is 0 Å². The average molecular weight is 538 g/mol. The van der Waals surface area contributed by atoms with E-state index in [1.807, 2.05) is 36.5 Å². The molecule has 8 nitrogen and oxygen atoms in total. The van der Waals surface area contributed by atoms with E-state index >= 15 is 0 Å². The summed E-state index contributed by atoms with van der Waals surface area (Å²) in [6.45, 7) is 6.50. The SMILES string of the molecule is CCNC(=NCc1ccc(N2CCCC2=O)cc1)N1CCOC(c2cnn(C)c2)C1.I. The number of rotatable bonds is 5. The Hall–Kier alpha value is -2.14. The molecule has 0 bridgehead atoms. The zero-order chi connectivity index (χ0) is 20.9. The summed E-state index contributed by atoms with van der Waals surface area (Å²) in [6, 6.07) is 8.17. The molecule has 9 heteroatoms. The first-order valence-electron chi connectivity index (χ1n) is 10.7. The molecule has 1 aromatic carbocycles. The number of aliphatic imine (C=N–C) groups is 1. The number of carbonyl (C=O) groups excluding carboxylic acids is 1. The van der Waals surface area contributed by atoms with Crippen LogP contribution in [0.2, 0.25) is 0 Å². The number of nitrogens with one attached hydrogen (secondary N) is 1. The number of hydrogen-bond acceptors (Lipinski definition) is 4. The molecule has 2 aliphatic heterocycles. The number of nitrogens with zero attached hydrogens (tertiary/aromatic N) is 5. The molecule has 1 aromatic heterocycles. The molecule has 2 aromatic rings. The third-order valence-corrected chi connectivity index (χ3v) is 5.53. The van der Waals surface area contributed by atoms with Crippen LogP contribution in [0.1, 0.15) is 37.0 Å². The Morgan fingerprint density at radius 1 is 1.29 bits per heavy atom. The van der Waals surface area contributed by atoms with Gasteiger partial charge < -0.3 is 19.9 Å². The zero-order valence-corrected chi connectivity index (χ0v) is 20.5. The van der Waals surface area contributed by atoms with Crippen LogP contribution in [-0.2, 0) is 23.1 Å². The maximum atomic E-state index is 11.9. The van der Waals surface area contributed by atoms with Gasteiger partial charge in [-0.2, -0.15) is 5.10 Å². The molecule has 2 aliphatic rings. The van der Waals surface area contributed by atoms with Gasteiger partial charge in [-0.1, -0.05) is 12.1 Å². The highest BCUT2D eigenvalue weighted by atomic mass is 127. The first-order valence-corrected chi connectivity index (χ1v) is 10.7. The number of morpholine rings is 1. The lowest BCUT2D eigenvalue weighted by molar-refractivity contribution is -0.117. The summed E-state index contributed by atoms with van der Waals surface area (Å²) in [5.41, 5.74) is 3.19. The zero-order valence-electron chi connectivity index (χ0n) is 18.2. The highest BCUT2D eigenvalue weighted by molar-refractivity contribution is 14.0. The van der Waals surface area contributed by atoms with Crippen LogP contribution in [0.3, 0.4) is 0 Å². The van der Waals surface area contributed by atoms with Crippen molar-refractivity contribution in [3.05, 3.63) is 47.8 Å². The highest BCUT2D eigenvalue weighted by Gasteiger charge is 2.25. The van der Waals surface area contributed by atoms with E-state index < -0.39 is 0 Å². The van der Waals surface area contributed by atoms with Gasteiger partial charge in [0.25, 0.3) is 0 Å². The number of guanidine groups is 1. The molecule has 4 rings (SSSR count). The van der Waals surface area contributed by atoms with E-state index in [0.29, 0.717) is 19.6 Å². The van der Waals surface area contributed by atoms with Gasteiger partial charge >= 0.3 is 0 Å². The fourth-order valence-electron chi connectivity index (χ4n) is 3.94. The fraction of sp³-hybridized carbons (Fsp3) is 0.500. The minimum absolute atomic E-state index is 0. The van der Waals surface area contributed by atoms with Crippen LogP contribution in [-0.4, -0.2) is 59.3 Å². The van der Waals surface area contributed by atoms with E-state index in [4.69, 9.17) is 9.73 Å². The molecule has 2 fully saturated rings. The second-order valence-corrected chi connectivity index (χ2v) is 7.74. The molecule has 0 spiro atoms. The quantitative estimate of drug-likeness (QED) is 0.360. The number of aryl methyl sites for hydroxylation is 1. The number of ether oxygens (including phenoxy) is 1. The third-order valence-electron chi connectivity index (χ3n) is 5.53. The summed E-state index contributed by atoms with van der Waals surface area (Å²) in [7, 11) is 1.92. The molecule has 1 atom stereocenters. The average Bonchev–Trinajstić information content (AvgIpc) is 3.40. The van der Waals surface area contributed by atoms with Crippen LogP contribution in [0, 0.1) is 0 Å². The Labute approximate surface area is 200 Å². The van der Waals surface area contributed by atoms with Gasteiger partial charge in [0, 0.05) is 50.6 Å². The van der Waals surface area contributed by atoms with Crippen LogP contribution < -0.4 is 10.2 Å². The van der Waals surface area contributed by atoms with Crippen molar-refractivity contribution < 1.29 is 9.53 Å². The van der Waals surface area contributed by atoms with Gasteiger partial charge in [-0.15, -0.1) is 24.0 Å². The highest BCUT2D eigenvalue weighted by Crippen LogP contribution is 2.23. The van der Waals surface area contributed by atoms with Gasteiger partial charge in [0.05, 0.1) is 25.9 Å². The van der Waals surface area contributed by atoms with Gasteiger partial charge in [-0.3, -0.25) is 9.48 Å². The van der Waals surface area contributed by atoms with Crippen molar-refractivity contribution in [2.75, 3.05) is 37.7 Å². The van der Waals surface area contributed by atoms with Gasteiger partial charge in [-0.05, 0) is 31.0 Å². The number of aromatic nitrogens is 2. The lowest BCUT2D eigenvalue weighted by Crippen LogP contribution is -2.48. The minimum Gasteiger partial charge on any atom is -0.370 e. The number of amides is 1. The van der Waals surface area contributed by atoms with Crippen molar-refractivity contribution in [1.82, 2.24) is 20.0 Å². The predicted molar refractivity (Wildman–Crippen MR) is 132 cm³/mol. The van der Waals surface area contributed by atoms with Crippen molar-refractivity contribution in [3.63, 3.8) is 0 Å². The normalized spacial score (nSPS) is 19.5. The van der Waals surface area contributed by atoms with E-state index in [-0.39, 0.29) is 36.0 Å². The van der Waals surface area contributed by atoms with E-state index in [1.165, 1.54) is 0 Å². The molecule has 0 saturated carbocycles. The smallest absolute Gasteiger partial charge is 0.227 e. The third kappa shape index (κ3) is 5.76. The standard InChI is InChI=1S/C22H30N6O2.HI/c1-3-23-22(27-11-12-30-20(16-27)18-14-25-26(2)15-18)24-13-17-6-8-19(9-7-17)28-10-4-5-21(28)29;/h6-9,14-15,20H,3-5,10-13,16H2,1-2H3,(H,23,24);1H. The topological polar surface area (TPSA) is 75.0 Å². The Balaban J connectivity index is 0.00000272. The molecule has 1 N–H and O–H groups in total. The lowest BCUT2D eigenvalue weighted by Gasteiger charge is -2.34. The van der Waals surface area contributed by atoms with E-state index in [0.717, 1.165) is 55.4 Å². The number of carbonyl (C=O) groups is 1. The predicted octanol–water partition coefficient (Wildman–Crippen LogP) is 2.70. The van der Waals surface area contributed by atoms with Crippen LogP contribution in [0.15, 0.2) is 41.7 Å². The summed E-state index contributed by atoms with van der Waals surface area (Å²) in [6.07, 6.45) is 5.46. The van der Waals surface area contributed by atoms with E-state index in [1.54, 1.807) is 4.68 Å². The molecule has 1 amide bonds. The largest absolute Gasteiger partial charge is 0.370 e. The second-order valence-electron chi connectivity index (χ2n) is 7.74. The molecule has 2 saturated heterocycles. The Morgan fingerprint density at radius 3 is 2.74 bits per heavy atom. The maximum Gasteiger partial charge on any atom is 0.227 e. The molecule has 0 aliphatic carbocycles. The number of hydrogen-bond donors (Lipinski definition) is 1. The Kier molecular flexibility index (Phi) is 8.30. The molecule has 0 radical (unpaired) electrons. The van der Waals surface area contributed by atoms with Gasteiger partial charge in [0.1, 0.15) is 6.10 Å². The fourth-order valence-corrected chi connectivity index (χ4v) is 3.94. The van der Waals surface area contributed by atoms with Gasteiger partial charge in [0.2, 0.25) is 5.91 Å². The molecular formula is C22H31IN6O2. The van der Waals surface area contributed by atoms with E-state index in [9.17, 15) is 4.79 Å². The van der Waals surface area contributed by atoms with Crippen molar-refractivity contribution in [2.24, 2.45) is 12.0 Å². The van der Waals surface area contributed by atoms with Crippen molar-refractivity contribution >= 4 is 41.5 Å². The summed E-state index contributed by atoms with van der Waals surface area (Å²) in [5.74, 6) is 1.11. The van der Waals surface area contributed by atoms with Gasteiger partial charge in [-0.25, -0.2) is 4.99 Å².